The number of rotatable bonds is 6. The first-order valence-corrected chi connectivity index (χ1v) is 13.4. The van der Waals surface area contributed by atoms with Crippen LogP contribution in [0.15, 0.2) is 53.4 Å². The Hall–Kier alpha value is -3.73. The number of phenols is 1. The summed E-state index contributed by atoms with van der Waals surface area (Å²) < 4.78 is 32.5. The molecule has 202 valence electrons. The molecule has 0 aromatic heterocycles. The van der Waals surface area contributed by atoms with E-state index in [-0.39, 0.29) is 22.2 Å². The molecule has 4 rings (SSSR count). The molecule has 1 aliphatic rings. The van der Waals surface area contributed by atoms with Gasteiger partial charge >= 0.3 is 0 Å². The Kier molecular flexibility index (Phi) is 8.30. The highest BCUT2D eigenvalue weighted by atomic mass is 32.2. The van der Waals surface area contributed by atoms with Crippen LogP contribution in [0, 0.1) is 13.8 Å². The smallest absolute Gasteiger partial charge is 0.196 e. The highest BCUT2D eigenvalue weighted by molar-refractivity contribution is 7.85. The fourth-order valence-corrected chi connectivity index (χ4v) is 4.95. The molecule has 0 fully saturated rings. The number of carbonyl (C=O) groups is 2. The van der Waals surface area contributed by atoms with E-state index in [1.165, 1.54) is 19.1 Å². The molecule has 0 spiro atoms. The summed E-state index contributed by atoms with van der Waals surface area (Å²) in [5, 5.41) is 12.3. The zero-order valence-electron chi connectivity index (χ0n) is 22.2. The van der Waals surface area contributed by atoms with Crippen LogP contribution in [-0.4, -0.2) is 68.4 Å². The molecular formula is C28H33N3O6S. The van der Waals surface area contributed by atoms with Gasteiger partial charge < -0.3 is 25.2 Å². The number of quaternary nitrogens is 1. The summed E-state index contributed by atoms with van der Waals surface area (Å²) in [4.78, 5) is 25.7. The topological polar surface area (TPSA) is 150 Å². The summed E-state index contributed by atoms with van der Waals surface area (Å²) in [6.45, 7) is 5.10. The molecule has 4 N–H and O–H groups in total. The van der Waals surface area contributed by atoms with Crippen LogP contribution in [0.3, 0.4) is 0 Å². The number of benzene rings is 3. The van der Waals surface area contributed by atoms with Gasteiger partial charge in [0.25, 0.3) is 0 Å². The second-order valence-electron chi connectivity index (χ2n) is 10.3. The normalized spacial score (nSPS) is 12.8. The van der Waals surface area contributed by atoms with Gasteiger partial charge in [0.15, 0.2) is 11.6 Å². The maximum Gasteiger partial charge on any atom is 0.196 e. The minimum Gasteiger partial charge on any atom is -0.744 e. The second-order valence-corrected chi connectivity index (χ2v) is 11.7. The van der Waals surface area contributed by atoms with Crippen LogP contribution in [0.5, 0.6) is 5.75 Å². The molecular weight excluding hydrogens is 506 g/mol. The summed E-state index contributed by atoms with van der Waals surface area (Å²) in [5.41, 5.74) is 10.0. The van der Waals surface area contributed by atoms with Gasteiger partial charge in [0, 0.05) is 35.5 Å². The Balaban J connectivity index is 0.000000279. The van der Waals surface area contributed by atoms with Crippen molar-refractivity contribution in [3.8, 4) is 5.75 Å². The number of anilines is 2. The van der Waals surface area contributed by atoms with Gasteiger partial charge in [-0.15, -0.1) is 0 Å². The molecule has 0 saturated heterocycles. The Labute approximate surface area is 223 Å². The van der Waals surface area contributed by atoms with Crippen molar-refractivity contribution >= 4 is 33.1 Å². The lowest BCUT2D eigenvalue weighted by Crippen LogP contribution is -2.36. The molecule has 0 aliphatic heterocycles. The second kappa shape index (κ2) is 10.9. The number of nitrogens with two attached hydrogens (primary N) is 1. The summed E-state index contributed by atoms with van der Waals surface area (Å²) in [5.74, 6) is -0.545. The van der Waals surface area contributed by atoms with Crippen molar-refractivity contribution in [2.45, 2.75) is 25.2 Å². The number of ketones is 2. The van der Waals surface area contributed by atoms with Crippen molar-refractivity contribution in [3.05, 3.63) is 81.9 Å². The largest absolute Gasteiger partial charge is 0.744 e. The quantitative estimate of drug-likeness (QED) is 0.146. The van der Waals surface area contributed by atoms with Gasteiger partial charge in [-0.3, -0.25) is 9.59 Å². The van der Waals surface area contributed by atoms with Gasteiger partial charge in [-0.05, 0) is 43.2 Å². The molecule has 3 aromatic carbocycles. The maximum atomic E-state index is 13.1. The summed E-state index contributed by atoms with van der Waals surface area (Å²) in [7, 11) is 1.98. The van der Waals surface area contributed by atoms with Crippen molar-refractivity contribution in [2.75, 3.05) is 45.3 Å². The van der Waals surface area contributed by atoms with E-state index >= 15 is 0 Å². The Morgan fingerprint density at radius 2 is 1.50 bits per heavy atom. The van der Waals surface area contributed by atoms with Crippen LogP contribution in [0.1, 0.15) is 49.4 Å². The van der Waals surface area contributed by atoms with Crippen LogP contribution >= 0.6 is 0 Å². The summed E-state index contributed by atoms with van der Waals surface area (Å²) in [6, 6.07) is 12.5. The van der Waals surface area contributed by atoms with E-state index in [1.807, 2.05) is 13.0 Å². The molecule has 9 nitrogen and oxygen atoms in total. The van der Waals surface area contributed by atoms with E-state index in [2.05, 4.69) is 26.5 Å². The van der Waals surface area contributed by atoms with Crippen molar-refractivity contribution in [1.82, 2.24) is 0 Å². The van der Waals surface area contributed by atoms with Crippen LogP contribution in [-0.2, 0) is 10.1 Å². The average Bonchev–Trinajstić information content (AvgIpc) is 2.83. The first kappa shape index (κ1) is 28.8. The first-order valence-electron chi connectivity index (χ1n) is 12.0. The third kappa shape index (κ3) is 6.39. The van der Waals surface area contributed by atoms with Gasteiger partial charge in [-0.25, -0.2) is 8.42 Å². The molecule has 0 saturated carbocycles. The monoisotopic (exact) mass is 539 g/mol. The van der Waals surface area contributed by atoms with E-state index in [1.54, 1.807) is 24.3 Å². The number of fused-ring (bicyclic) bond motifs is 2. The van der Waals surface area contributed by atoms with Gasteiger partial charge in [0.2, 0.25) is 0 Å². The Morgan fingerprint density at radius 1 is 0.921 bits per heavy atom. The lowest BCUT2D eigenvalue weighted by molar-refractivity contribution is -0.870. The number of nitrogens with one attached hydrogen (secondary N) is 1. The van der Waals surface area contributed by atoms with Gasteiger partial charge in [-0.2, -0.15) is 0 Å². The number of aromatic hydroxyl groups is 1. The molecule has 0 unspecified atom stereocenters. The van der Waals surface area contributed by atoms with Crippen molar-refractivity contribution in [1.29, 1.82) is 0 Å². The van der Waals surface area contributed by atoms with E-state index < -0.39 is 10.1 Å². The third-order valence-corrected chi connectivity index (χ3v) is 7.19. The predicted molar refractivity (Wildman–Crippen MR) is 146 cm³/mol. The molecule has 0 bridgehead atoms. The number of phenolic OH excluding ortho intramolecular Hbond substituents is 1. The molecule has 0 amide bonds. The molecule has 1 aliphatic carbocycles. The minimum atomic E-state index is -4.47. The van der Waals surface area contributed by atoms with E-state index in [0.717, 1.165) is 35.6 Å². The average molecular weight is 540 g/mol. The number of nitrogen functional groups attached to an aromatic ring is 1. The predicted octanol–water partition coefficient (Wildman–Crippen LogP) is 3.47. The molecule has 3 aromatic rings. The zero-order valence-corrected chi connectivity index (χ0v) is 23.0. The molecule has 0 atom stereocenters. The van der Waals surface area contributed by atoms with Crippen molar-refractivity contribution < 1.29 is 32.1 Å². The van der Waals surface area contributed by atoms with Crippen molar-refractivity contribution in [3.63, 3.8) is 0 Å². The molecule has 38 heavy (non-hydrogen) atoms. The van der Waals surface area contributed by atoms with E-state index in [0.29, 0.717) is 39.2 Å². The number of nitrogens with zero attached hydrogens (tertiary/aromatic N) is 1. The van der Waals surface area contributed by atoms with Gasteiger partial charge in [0.1, 0.15) is 15.9 Å². The van der Waals surface area contributed by atoms with Crippen LogP contribution in [0.25, 0.3) is 0 Å². The van der Waals surface area contributed by atoms with Gasteiger partial charge in [0.05, 0.1) is 43.7 Å². The number of hydrogen-bond acceptors (Lipinski definition) is 8. The van der Waals surface area contributed by atoms with E-state index in [4.69, 9.17) is 10.8 Å². The van der Waals surface area contributed by atoms with Crippen LogP contribution in [0.2, 0.25) is 0 Å². The Bertz CT molecular complexity index is 1510. The highest BCUT2D eigenvalue weighted by Crippen LogP contribution is 2.37. The molecule has 0 radical (unpaired) electrons. The van der Waals surface area contributed by atoms with Gasteiger partial charge in [-0.1, -0.05) is 30.3 Å². The summed E-state index contributed by atoms with van der Waals surface area (Å²) >= 11 is 0. The fourth-order valence-electron chi connectivity index (χ4n) is 4.23. The fraction of sp³-hybridized carbons (Fsp3) is 0.286. The van der Waals surface area contributed by atoms with Crippen molar-refractivity contribution in [2.24, 2.45) is 0 Å². The van der Waals surface area contributed by atoms with Crippen LogP contribution in [0.4, 0.5) is 11.4 Å². The number of aryl methyl sites for hydroxylation is 2. The maximum absolute atomic E-state index is 13.1. The lowest BCUT2D eigenvalue weighted by Gasteiger charge is -2.25. The lowest BCUT2D eigenvalue weighted by atomic mass is 9.81. The molecule has 10 heteroatoms. The Morgan fingerprint density at radius 3 is 2.03 bits per heavy atom. The standard InChI is InChI=1S/C21H25N3O2.C7H8O4S/c1-13-12-16(23-10-7-11-24(2,3)4)17-18(19(13)22)21(26)15-9-6-5-8-14(15)20(17)25;1-5-2-3-6(8)4-7(5)12(9,10)11/h5-6,8-9,12H,7,10-11H2,1-4H3,(H2-,22,23,25,26);2-4,8H,1H3,(H,9,10,11). The first-order chi connectivity index (χ1) is 17.6. The zero-order chi connectivity index (χ0) is 28.4. The van der Waals surface area contributed by atoms with Crippen LogP contribution < -0.4 is 11.1 Å². The molecule has 0 heterocycles. The summed E-state index contributed by atoms with van der Waals surface area (Å²) in [6.07, 6.45) is 0.959. The minimum absolute atomic E-state index is 0.143. The number of hydrogen-bond donors (Lipinski definition) is 3. The highest BCUT2D eigenvalue weighted by Gasteiger charge is 2.34. The number of carbonyl (C=O) groups excluding carboxylic acids is 2. The SMILES string of the molecule is Cc1cc(NCCC[N+](C)(C)C)c2c(c1N)C(=O)c1ccccc1C2=O.Cc1ccc(O)cc1S(=O)(=O)[O-]. The third-order valence-electron chi connectivity index (χ3n) is 6.21. The van der Waals surface area contributed by atoms with E-state index in [9.17, 15) is 22.6 Å².